The number of carbonyl (C=O) groups is 1. The number of aliphatic hydroxyl groups excluding tert-OH is 1. The van der Waals surface area contributed by atoms with Crippen molar-refractivity contribution >= 4 is 5.97 Å². The van der Waals surface area contributed by atoms with Crippen LogP contribution in [0.5, 0.6) is 0 Å². The van der Waals surface area contributed by atoms with Crippen molar-refractivity contribution in [3.63, 3.8) is 0 Å². The monoisotopic (exact) mass is 370 g/mol. The smallest absolute Gasteiger partial charge is 0.338 e. The number of hydrogen-bond acceptors (Lipinski definition) is 5. The molecule has 1 N–H and O–H groups in total. The lowest BCUT2D eigenvalue weighted by Crippen LogP contribution is -2.58. The Morgan fingerprint density at radius 3 is 2.30 bits per heavy atom. The second-order valence-electron chi connectivity index (χ2n) is 6.78. The fraction of sp³-hybridized carbons (Fsp3) is 0.409. The summed E-state index contributed by atoms with van der Waals surface area (Å²) in [5.41, 5.74) is 1.45. The topological polar surface area (TPSA) is 65.0 Å². The van der Waals surface area contributed by atoms with Crippen molar-refractivity contribution in [2.45, 2.75) is 57.4 Å². The Kier molecular flexibility index (Phi) is 6.61. The van der Waals surface area contributed by atoms with Crippen LogP contribution in [0.2, 0.25) is 0 Å². The molecule has 1 heterocycles. The van der Waals surface area contributed by atoms with Gasteiger partial charge in [-0.2, -0.15) is 0 Å². The third-order valence-electron chi connectivity index (χ3n) is 4.83. The van der Waals surface area contributed by atoms with E-state index in [1.807, 2.05) is 50.2 Å². The molecule has 2 aromatic rings. The van der Waals surface area contributed by atoms with Crippen molar-refractivity contribution in [3.8, 4) is 0 Å². The van der Waals surface area contributed by atoms with Crippen molar-refractivity contribution < 1.29 is 24.1 Å². The quantitative estimate of drug-likeness (QED) is 0.790. The first-order chi connectivity index (χ1) is 13.1. The predicted molar refractivity (Wildman–Crippen MR) is 101 cm³/mol. The van der Waals surface area contributed by atoms with E-state index in [1.54, 1.807) is 24.3 Å². The van der Waals surface area contributed by atoms with E-state index in [-0.39, 0.29) is 12.2 Å². The van der Waals surface area contributed by atoms with Crippen LogP contribution in [0.15, 0.2) is 60.7 Å². The van der Waals surface area contributed by atoms with Gasteiger partial charge >= 0.3 is 5.97 Å². The summed E-state index contributed by atoms with van der Waals surface area (Å²) in [6.45, 7) is 4.12. The van der Waals surface area contributed by atoms with E-state index in [1.165, 1.54) is 0 Å². The van der Waals surface area contributed by atoms with E-state index in [9.17, 15) is 9.90 Å². The summed E-state index contributed by atoms with van der Waals surface area (Å²) in [6.07, 6.45) is -2.32. The highest BCUT2D eigenvalue weighted by Gasteiger charge is 2.45. The van der Waals surface area contributed by atoms with Gasteiger partial charge in [0.05, 0.1) is 24.4 Å². The van der Waals surface area contributed by atoms with Crippen molar-refractivity contribution in [3.05, 3.63) is 71.8 Å². The molecule has 5 heteroatoms. The maximum atomic E-state index is 12.5. The molecule has 0 bridgehead atoms. The predicted octanol–water partition coefficient (Wildman–Crippen LogP) is 3.36. The molecule has 0 aromatic heterocycles. The second kappa shape index (κ2) is 9.13. The van der Waals surface area contributed by atoms with Gasteiger partial charge in [-0.05, 0) is 31.0 Å². The third kappa shape index (κ3) is 4.75. The number of rotatable bonds is 6. The molecule has 1 saturated heterocycles. The van der Waals surface area contributed by atoms with Gasteiger partial charge in [-0.15, -0.1) is 0 Å². The van der Waals surface area contributed by atoms with Gasteiger partial charge in [0.15, 0.2) is 6.10 Å². The summed E-state index contributed by atoms with van der Waals surface area (Å²) in [4.78, 5) is 12.5. The Hall–Kier alpha value is -2.21. The molecule has 0 spiro atoms. The van der Waals surface area contributed by atoms with Crippen molar-refractivity contribution in [1.29, 1.82) is 0 Å². The van der Waals surface area contributed by atoms with Crippen LogP contribution in [-0.2, 0) is 20.8 Å². The van der Waals surface area contributed by atoms with Crippen LogP contribution in [0.1, 0.15) is 36.2 Å². The normalized spacial score (nSPS) is 27.9. The minimum Gasteiger partial charge on any atom is -0.453 e. The number of ether oxygens (including phenoxy) is 3. The van der Waals surface area contributed by atoms with Gasteiger partial charge in [0.2, 0.25) is 0 Å². The lowest BCUT2D eigenvalue weighted by atomic mass is 9.93. The average Bonchev–Trinajstić information content (AvgIpc) is 2.71. The van der Waals surface area contributed by atoms with E-state index >= 15 is 0 Å². The zero-order chi connectivity index (χ0) is 19.2. The molecule has 1 aliphatic heterocycles. The molecule has 0 saturated carbocycles. The van der Waals surface area contributed by atoms with Crippen LogP contribution in [0.3, 0.4) is 0 Å². The highest BCUT2D eigenvalue weighted by molar-refractivity contribution is 5.89. The van der Waals surface area contributed by atoms with Crippen LogP contribution in [0.4, 0.5) is 0 Å². The summed E-state index contributed by atoms with van der Waals surface area (Å²) in [6, 6.07) is 18.5. The van der Waals surface area contributed by atoms with Crippen molar-refractivity contribution in [1.82, 2.24) is 0 Å². The maximum Gasteiger partial charge on any atom is 0.338 e. The van der Waals surface area contributed by atoms with Crippen LogP contribution in [0, 0.1) is 0 Å². The fourth-order valence-electron chi connectivity index (χ4n) is 3.33. The molecule has 5 nitrogen and oxygen atoms in total. The Balaban J connectivity index is 1.76. The minimum absolute atomic E-state index is 0.325. The molecule has 0 radical (unpaired) electrons. The Morgan fingerprint density at radius 1 is 1.04 bits per heavy atom. The molecule has 2 aromatic carbocycles. The lowest BCUT2D eigenvalue weighted by molar-refractivity contribution is -0.233. The third-order valence-corrected chi connectivity index (χ3v) is 4.83. The molecule has 3 unspecified atom stereocenters. The number of benzene rings is 2. The first-order valence-electron chi connectivity index (χ1n) is 9.35. The fourth-order valence-corrected chi connectivity index (χ4v) is 3.33. The first-order valence-corrected chi connectivity index (χ1v) is 9.35. The molecular weight excluding hydrogens is 344 g/mol. The summed E-state index contributed by atoms with van der Waals surface area (Å²) in [5.74, 6) is -0.452. The van der Waals surface area contributed by atoms with Crippen molar-refractivity contribution in [2.75, 3.05) is 0 Å². The van der Waals surface area contributed by atoms with Gasteiger partial charge < -0.3 is 19.3 Å². The number of carbonyl (C=O) groups excluding carboxylic acids is 1. The Labute approximate surface area is 159 Å². The second-order valence-corrected chi connectivity index (χ2v) is 6.78. The van der Waals surface area contributed by atoms with Gasteiger partial charge in [-0.25, -0.2) is 4.79 Å². The van der Waals surface area contributed by atoms with Crippen molar-refractivity contribution in [2.24, 2.45) is 0 Å². The standard InChI is InChI=1S/C22H26O5/c1-3-18-19(23)21(25-14-16-10-6-4-7-11-16)20(15(2)26-18)27-22(24)17-12-8-5-9-13-17/h4-13,15,18-21,23H,3,14H2,1-2H3/t15?,18-,19+,20?,21?/m0/s1. The van der Waals surface area contributed by atoms with Crippen LogP contribution >= 0.6 is 0 Å². The van der Waals surface area contributed by atoms with Crippen LogP contribution < -0.4 is 0 Å². The molecule has 0 aliphatic carbocycles. The zero-order valence-electron chi connectivity index (χ0n) is 15.7. The minimum atomic E-state index is -0.872. The number of esters is 1. The molecular formula is C22H26O5. The lowest BCUT2D eigenvalue weighted by Gasteiger charge is -2.43. The van der Waals surface area contributed by atoms with Gasteiger partial charge in [0, 0.05) is 0 Å². The summed E-state index contributed by atoms with van der Waals surface area (Å²) in [5, 5.41) is 10.7. The number of aliphatic hydroxyl groups is 1. The van der Waals surface area contributed by atoms with E-state index in [0.717, 1.165) is 5.56 Å². The highest BCUT2D eigenvalue weighted by atomic mass is 16.6. The molecule has 0 amide bonds. The number of hydrogen-bond donors (Lipinski definition) is 1. The van der Waals surface area contributed by atoms with Crippen LogP contribution in [0.25, 0.3) is 0 Å². The molecule has 3 rings (SSSR count). The molecule has 5 atom stereocenters. The summed E-state index contributed by atoms with van der Waals surface area (Å²) < 4.78 is 17.6. The molecule has 144 valence electrons. The van der Waals surface area contributed by atoms with E-state index in [0.29, 0.717) is 18.6 Å². The van der Waals surface area contributed by atoms with Gasteiger partial charge in [0.1, 0.15) is 12.2 Å². The largest absolute Gasteiger partial charge is 0.453 e. The average molecular weight is 370 g/mol. The van der Waals surface area contributed by atoms with E-state index in [4.69, 9.17) is 14.2 Å². The SMILES string of the molecule is CC[C@@H]1OC(C)C(OC(=O)c2ccccc2)C(OCc2ccccc2)[C@@H]1O. The van der Waals surface area contributed by atoms with E-state index in [2.05, 4.69) is 0 Å². The molecule has 1 fully saturated rings. The van der Waals surface area contributed by atoms with Gasteiger partial charge in [-0.1, -0.05) is 55.5 Å². The Bertz CT molecular complexity index is 718. The Morgan fingerprint density at radius 2 is 1.67 bits per heavy atom. The first kappa shape index (κ1) is 19.5. The zero-order valence-corrected chi connectivity index (χ0v) is 15.7. The van der Waals surface area contributed by atoms with Crippen LogP contribution in [-0.4, -0.2) is 41.6 Å². The molecule has 1 aliphatic rings. The maximum absolute atomic E-state index is 12.5. The van der Waals surface area contributed by atoms with Gasteiger partial charge in [0.25, 0.3) is 0 Å². The highest BCUT2D eigenvalue weighted by Crippen LogP contribution is 2.28. The molecule has 27 heavy (non-hydrogen) atoms. The van der Waals surface area contributed by atoms with Gasteiger partial charge in [-0.3, -0.25) is 0 Å². The summed E-state index contributed by atoms with van der Waals surface area (Å²) >= 11 is 0. The summed E-state index contributed by atoms with van der Waals surface area (Å²) in [7, 11) is 0. The van der Waals surface area contributed by atoms with E-state index < -0.39 is 24.3 Å².